The zero-order valence-corrected chi connectivity index (χ0v) is 17.7. The van der Waals surface area contributed by atoms with E-state index in [2.05, 4.69) is 0 Å². The highest BCUT2D eigenvalue weighted by atomic mass is 16.7. The van der Waals surface area contributed by atoms with E-state index < -0.39 is 18.1 Å². The average molecular weight is 430 g/mol. The molecule has 3 aromatic carbocycles. The monoisotopic (exact) mass is 430 g/mol. The van der Waals surface area contributed by atoms with E-state index in [1.54, 1.807) is 43.5 Å². The quantitative estimate of drug-likeness (QED) is 0.575. The van der Waals surface area contributed by atoms with Crippen LogP contribution >= 0.6 is 0 Å². The van der Waals surface area contributed by atoms with E-state index in [1.165, 1.54) is 4.90 Å². The van der Waals surface area contributed by atoms with Crippen LogP contribution in [0.25, 0.3) is 0 Å². The molecule has 162 valence electrons. The molecular formula is C25H22N2O5. The molecule has 2 fully saturated rings. The first-order valence-electron chi connectivity index (χ1n) is 10.3. The molecule has 2 saturated heterocycles. The van der Waals surface area contributed by atoms with Gasteiger partial charge in [0, 0.05) is 0 Å². The van der Waals surface area contributed by atoms with Crippen molar-refractivity contribution in [3.8, 4) is 11.5 Å². The molecule has 5 rings (SSSR count). The summed E-state index contributed by atoms with van der Waals surface area (Å²) in [5.74, 6) is 0.0181. The lowest BCUT2D eigenvalue weighted by Gasteiger charge is -2.28. The van der Waals surface area contributed by atoms with Crippen molar-refractivity contribution in [2.24, 2.45) is 5.92 Å². The fourth-order valence-corrected chi connectivity index (χ4v) is 4.34. The smallest absolute Gasteiger partial charge is 0.266 e. The molecule has 2 heterocycles. The number of imide groups is 1. The number of anilines is 2. The van der Waals surface area contributed by atoms with Crippen LogP contribution in [0.4, 0.5) is 11.4 Å². The number of ether oxygens (including phenoxy) is 2. The summed E-state index contributed by atoms with van der Waals surface area (Å²) in [5, 5.41) is 1.68. The van der Waals surface area contributed by atoms with Gasteiger partial charge in [-0.3, -0.25) is 14.4 Å². The molecule has 0 saturated carbocycles. The van der Waals surface area contributed by atoms with Gasteiger partial charge in [-0.25, -0.2) is 9.96 Å². The van der Waals surface area contributed by atoms with Crippen LogP contribution in [0, 0.1) is 5.92 Å². The molecule has 0 radical (unpaired) electrons. The van der Waals surface area contributed by atoms with Gasteiger partial charge in [0.2, 0.25) is 5.91 Å². The van der Waals surface area contributed by atoms with Gasteiger partial charge in [0.05, 0.1) is 31.6 Å². The fraction of sp³-hybridized carbons (Fsp3) is 0.200. The van der Waals surface area contributed by atoms with Gasteiger partial charge in [0.15, 0.2) is 6.10 Å². The molecule has 3 aromatic rings. The van der Waals surface area contributed by atoms with Crippen LogP contribution in [-0.4, -0.2) is 32.1 Å². The van der Waals surface area contributed by atoms with Crippen LogP contribution in [0.5, 0.6) is 11.5 Å². The SMILES string of the molecule is COc1ccc([C@H]2[C@@H]3C(=O)N(c4ccc(OC)cc4)C(=O)[C@@H]3ON2c2ccccc2)cc1. The summed E-state index contributed by atoms with van der Waals surface area (Å²) in [7, 11) is 3.17. The molecule has 0 spiro atoms. The average Bonchev–Trinajstić information content (AvgIpc) is 3.36. The Morgan fingerprint density at radius 1 is 0.719 bits per heavy atom. The summed E-state index contributed by atoms with van der Waals surface area (Å²) in [6.07, 6.45) is -0.906. The van der Waals surface area contributed by atoms with E-state index >= 15 is 0 Å². The summed E-state index contributed by atoms with van der Waals surface area (Å²) in [6, 6.07) is 23.4. The normalized spacial score (nSPS) is 22.2. The van der Waals surface area contributed by atoms with E-state index in [9.17, 15) is 9.59 Å². The Morgan fingerprint density at radius 3 is 1.91 bits per heavy atom. The van der Waals surface area contributed by atoms with Gasteiger partial charge >= 0.3 is 0 Å². The van der Waals surface area contributed by atoms with Crippen molar-refractivity contribution < 1.29 is 23.9 Å². The summed E-state index contributed by atoms with van der Waals surface area (Å²) in [4.78, 5) is 34.2. The van der Waals surface area contributed by atoms with Crippen molar-refractivity contribution in [1.82, 2.24) is 0 Å². The van der Waals surface area contributed by atoms with Crippen molar-refractivity contribution >= 4 is 23.2 Å². The van der Waals surface area contributed by atoms with E-state index in [0.717, 1.165) is 11.3 Å². The maximum absolute atomic E-state index is 13.6. The number of hydroxylamine groups is 1. The molecule has 0 N–H and O–H groups in total. The van der Waals surface area contributed by atoms with Crippen molar-refractivity contribution in [1.29, 1.82) is 0 Å². The zero-order chi connectivity index (χ0) is 22.2. The van der Waals surface area contributed by atoms with Crippen LogP contribution in [0.15, 0.2) is 78.9 Å². The molecule has 2 aliphatic heterocycles. The van der Waals surface area contributed by atoms with E-state index in [0.29, 0.717) is 17.2 Å². The van der Waals surface area contributed by atoms with E-state index in [4.69, 9.17) is 14.3 Å². The molecule has 7 nitrogen and oxygen atoms in total. The zero-order valence-electron chi connectivity index (χ0n) is 17.7. The standard InChI is InChI=1S/C25H22N2O5/c1-30-19-12-8-16(9-13-19)22-21-23(32-27(22)18-6-4-3-5-7-18)25(29)26(24(21)28)17-10-14-20(31-2)15-11-17/h3-15,21-23H,1-2H3/t21-,22-,23+/m0/s1. The Labute approximate surface area is 185 Å². The van der Waals surface area contributed by atoms with Crippen LogP contribution in [0.2, 0.25) is 0 Å². The maximum Gasteiger partial charge on any atom is 0.266 e. The molecule has 3 atom stereocenters. The lowest BCUT2D eigenvalue weighted by Crippen LogP contribution is -2.37. The molecule has 7 heteroatoms. The topological polar surface area (TPSA) is 68.3 Å². The van der Waals surface area contributed by atoms with Crippen LogP contribution < -0.4 is 19.4 Å². The molecule has 2 amide bonds. The lowest BCUT2D eigenvalue weighted by atomic mass is 9.90. The van der Waals surface area contributed by atoms with Crippen molar-refractivity contribution in [2.45, 2.75) is 12.1 Å². The summed E-state index contributed by atoms with van der Waals surface area (Å²) in [5.41, 5.74) is 2.14. The first-order chi connectivity index (χ1) is 15.6. The number of methoxy groups -OCH3 is 2. The van der Waals surface area contributed by atoms with E-state index in [-0.39, 0.29) is 11.8 Å². The minimum Gasteiger partial charge on any atom is -0.497 e. The van der Waals surface area contributed by atoms with Gasteiger partial charge < -0.3 is 9.47 Å². The number of carbonyl (C=O) groups excluding carboxylic acids is 2. The van der Waals surface area contributed by atoms with Crippen LogP contribution in [0.3, 0.4) is 0 Å². The highest BCUT2D eigenvalue weighted by Crippen LogP contribution is 2.47. The van der Waals surface area contributed by atoms with Crippen LogP contribution in [0.1, 0.15) is 11.6 Å². The molecule has 2 aliphatic rings. The predicted molar refractivity (Wildman–Crippen MR) is 119 cm³/mol. The summed E-state index contributed by atoms with van der Waals surface area (Å²) in [6.45, 7) is 0. The fourth-order valence-electron chi connectivity index (χ4n) is 4.34. The van der Waals surface area contributed by atoms with Gasteiger partial charge in [-0.05, 0) is 54.1 Å². The van der Waals surface area contributed by atoms with Gasteiger partial charge in [-0.1, -0.05) is 30.3 Å². The second-order valence-electron chi connectivity index (χ2n) is 7.64. The second-order valence-corrected chi connectivity index (χ2v) is 7.64. The molecule has 0 unspecified atom stereocenters. The Kier molecular flexibility index (Phi) is 5.03. The van der Waals surface area contributed by atoms with Crippen molar-refractivity contribution in [3.05, 3.63) is 84.4 Å². The number of fused-ring (bicyclic) bond motifs is 1. The Morgan fingerprint density at radius 2 is 1.31 bits per heavy atom. The third kappa shape index (κ3) is 3.18. The van der Waals surface area contributed by atoms with Gasteiger partial charge in [0.1, 0.15) is 17.4 Å². The number of amides is 2. The Hall–Kier alpha value is -3.84. The third-order valence-corrected chi connectivity index (χ3v) is 5.91. The number of rotatable bonds is 5. The molecule has 0 aromatic heterocycles. The molecule has 0 bridgehead atoms. The Balaban J connectivity index is 1.55. The minimum absolute atomic E-state index is 0.288. The highest BCUT2D eigenvalue weighted by Gasteiger charge is 2.60. The first kappa shape index (κ1) is 20.1. The van der Waals surface area contributed by atoms with Crippen molar-refractivity contribution in [2.75, 3.05) is 24.2 Å². The predicted octanol–water partition coefficient (Wildman–Crippen LogP) is 3.75. The lowest BCUT2D eigenvalue weighted by molar-refractivity contribution is -0.126. The molecule has 0 aliphatic carbocycles. The number of hydrogen-bond acceptors (Lipinski definition) is 6. The number of benzene rings is 3. The van der Waals surface area contributed by atoms with Gasteiger partial charge in [0.25, 0.3) is 5.91 Å². The van der Waals surface area contributed by atoms with Gasteiger partial charge in [-0.15, -0.1) is 0 Å². The Bertz CT molecular complexity index is 1130. The third-order valence-electron chi connectivity index (χ3n) is 5.91. The first-order valence-corrected chi connectivity index (χ1v) is 10.3. The largest absolute Gasteiger partial charge is 0.497 e. The molecular weight excluding hydrogens is 408 g/mol. The van der Waals surface area contributed by atoms with Crippen LogP contribution in [-0.2, 0) is 14.4 Å². The summed E-state index contributed by atoms with van der Waals surface area (Å²) >= 11 is 0. The number of carbonyl (C=O) groups is 2. The number of nitrogens with zero attached hydrogens (tertiary/aromatic N) is 2. The summed E-state index contributed by atoms with van der Waals surface area (Å²) < 4.78 is 10.5. The minimum atomic E-state index is -0.906. The van der Waals surface area contributed by atoms with E-state index in [1.807, 2.05) is 54.6 Å². The number of para-hydroxylation sites is 1. The number of hydrogen-bond donors (Lipinski definition) is 0. The molecule has 32 heavy (non-hydrogen) atoms. The van der Waals surface area contributed by atoms with Gasteiger partial charge in [-0.2, -0.15) is 0 Å². The van der Waals surface area contributed by atoms with Crippen molar-refractivity contribution in [3.63, 3.8) is 0 Å². The highest BCUT2D eigenvalue weighted by molar-refractivity contribution is 6.23. The second kappa shape index (κ2) is 8.01. The maximum atomic E-state index is 13.6.